The second-order valence-corrected chi connectivity index (χ2v) is 7.61. The number of hydrogen-bond donors (Lipinski definition) is 1. The Labute approximate surface area is 119 Å². The van der Waals surface area contributed by atoms with Crippen LogP contribution in [0.15, 0.2) is 23.1 Å². The van der Waals surface area contributed by atoms with E-state index >= 15 is 0 Å². The maximum atomic E-state index is 12.1. The molecule has 1 rings (SSSR count). The van der Waals surface area contributed by atoms with Crippen molar-refractivity contribution in [3.63, 3.8) is 0 Å². The van der Waals surface area contributed by atoms with Crippen molar-refractivity contribution >= 4 is 21.6 Å². The van der Waals surface area contributed by atoms with Crippen LogP contribution in [0.25, 0.3) is 0 Å². The fourth-order valence-corrected chi connectivity index (χ4v) is 3.00. The van der Waals surface area contributed by atoms with E-state index in [1.165, 1.54) is 18.2 Å². The van der Waals surface area contributed by atoms with E-state index in [0.29, 0.717) is 12.1 Å². The minimum absolute atomic E-state index is 0.00192. The van der Waals surface area contributed by atoms with Gasteiger partial charge in [-0.3, -0.25) is 0 Å². The molecule has 1 aromatic carbocycles. The van der Waals surface area contributed by atoms with Gasteiger partial charge in [-0.1, -0.05) is 32.4 Å². The van der Waals surface area contributed by atoms with Crippen LogP contribution < -0.4 is 4.72 Å². The van der Waals surface area contributed by atoms with Crippen molar-refractivity contribution in [2.45, 2.75) is 32.1 Å². The Morgan fingerprint density at radius 1 is 1.37 bits per heavy atom. The van der Waals surface area contributed by atoms with Gasteiger partial charge in [0.05, 0.1) is 16.7 Å². The Morgan fingerprint density at radius 3 is 2.47 bits per heavy atom. The third kappa shape index (κ3) is 4.83. The Balaban J connectivity index is 2.87. The van der Waals surface area contributed by atoms with Gasteiger partial charge >= 0.3 is 0 Å². The van der Waals surface area contributed by atoms with Gasteiger partial charge in [0.1, 0.15) is 4.90 Å². The van der Waals surface area contributed by atoms with E-state index in [1.807, 2.05) is 26.8 Å². The number of sulfonamides is 1. The van der Waals surface area contributed by atoms with Crippen molar-refractivity contribution in [2.75, 3.05) is 6.54 Å². The Morgan fingerprint density at radius 2 is 2.00 bits per heavy atom. The molecule has 0 saturated heterocycles. The number of nitrogens with one attached hydrogen (secondary N) is 1. The highest BCUT2D eigenvalue weighted by atomic mass is 35.5. The zero-order chi connectivity index (χ0) is 14.7. The van der Waals surface area contributed by atoms with Crippen LogP contribution >= 0.6 is 11.6 Å². The largest absolute Gasteiger partial charge is 0.242 e. The minimum Gasteiger partial charge on any atom is -0.211 e. The van der Waals surface area contributed by atoms with Crippen LogP contribution in [-0.4, -0.2) is 15.0 Å². The van der Waals surface area contributed by atoms with Crippen molar-refractivity contribution in [2.24, 2.45) is 5.41 Å². The number of rotatable bonds is 4. The monoisotopic (exact) mass is 300 g/mol. The van der Waals surface area contributed by atoms with Gasteiger partial charge < -0.3 is 0 Å². The van der Waals surface area contributed by atoms with E-state index in [-0.39, 0.29) is 15.3 Å². The first kappa shape index (κ1) is 16.0. The van der Waals surface area contributed by atoms with Gasteiger partial charge in [0.2, 0.25) is 10.0 Å². The highest BCUT2D eigenvalue weighted by Gasteiger charge is 2.19. The summed E-state index contributed by atoms with van der Waals surface area (Å²) in [6.07, 6.45) is 0.722. The summed E-state index contributed by atoms with van der Waals surface area (Å²) in [7, 11) is -3.63. The Bertz CT molecular complexity index is 598. The first-order valence-electron chi connectivity index (χ1n) is 5.85. The maximum absolute atomic E-state index is 12.1. The fourth-order valence-electron chi connectivity index (χ4n) is 1.43. The van der Waals surface area contributed by atoms with Gasteiger partial charge in [0.25, 0.3) is 0 Å². The number of benzene rings is 1. The van der Waals surface area contributed by atoms with E-state index in [4.69, 9.17) is 16.9 Å². The molecule has 1 N–H and O–H groups in total. The molecule has 104 valence electrons. The molecule has 1 aromatic rings. The summed E-state index contributed by atoms with van der Waals surface area (Å²) in [5, 5.41) is 8.77. The van der Waals surface area contributed by atoms with Gasteiger partial charge in [-0.2, -0.15) is 5.26 Å². The van der Waals surface area contributed by atoms with Gasteiger partial charge in [-0.05, 0) is 30.0 Å². The van der Waals surface area contributed by atoms with Crippen LogP contribution in [0.4, 0.5) is 0 Å². The number of hydrogen-bond acceptors (Lipinski definition) is 3. The topological polar surface area (TPSA) is 70.0 Å². The van der Waals surface area contributed by atoms with Gasteiger partial charge in [0, 0.05) is 6.54 Å². The van der Waals surface area contributed by atoms with Crippen molar-refractivity contribution in [1.82, 2.24) is 4.72 Å². The van der Waals surface area contributed by atoms with Crippen molar-refractivity contribution < 1.29 is 8.42 Å². The zero-order valence-electron chi connectivity index (χ0n) is 11.2. The second kappa shape index (κ2) is 5.91. The summed E-state index contributed by atoms with van der Waals surface area (Å²) in [4.78, 5) is 0.00192. The van der Waals surface area contributed by atoms with Gasteiger partial charge in [0.15, 0.2) is 0 Å². The van der Waals surface area contributed by atoms with Crippen LogP contribution in [-0.2, 0) is 10.0 Å². The molecule has 0 atom stereocenters. The molecular weight excluding hydrogens is 284 g/mol. The molecule has 0 fully saturated rings. The molecule has 0 radical (unpaired) electrons. The van der Waals surface area contributed by atoms with Crippen LogP contribution in [0.1, 0.15) is 32.8 Å². The quantitative estimate of drug-likeness (QED) is 0.929. The molecule has 0 heterocycles. The Hall–Kier alpha value is -1.09. The summed E-state index contributed by atoms with van der Waals surface area (Å²) >= 11 is 5.89. The summed E-state index contributed by atoms with van der Waals surface area (Å²) in [5.74, 6) is 0. The standard InChI is InChI=1S/C13H17ClN2O2S/c1-13(2,3)6-7-16-19(17,18)12-5-4-10(9-15)8-11(12)14/h4-5,8,16H,6-7H2,1-3H3. The molecule has 0 aliphatic heterocycles. The van der Waals surface area contributed by atoms with Crippen LogP contribution in [0.2, 0.25) is 5.02 Å². The van der Waals surface area contributed by atoms with E-state index in [2.05, 4.69) is 4.72 Å². The van der Waals surface area contributed by atoms with Crippen molar-refractivity contribution in [1.29, 1.82) is 5.26 Å². The molecule has 0 bridgehead atoms. The minimum atomic E-state index is -3.63. The van der Waals surface area contributed by atoms with E-state index in [1.54, 1.807) is 0 Å². The summed E-state index contributed by atoms with van der Waals surface area (Å²) in [5.41, 5.74) is 0.385. The predicted molar refractivity (Wildman–Crippen MR) is 75.4 cm³/mol. The lowest BCUT2D eigenvalue weighted by molar-refractivity contribution is 0.378. The molecule has 6 heteroatoms. The molecule has 19 heavy (non-hydrogen) atoms. The third-order valence-corrected chi connectivity index (χ3v) is 4.46. The molecule has 0 amide bonds. The fraction of sp³-hybridized carbons (Fsp3) is 0.462. The number of nitrogens with zero attached hydrogens (tertiary/aromatic N) is 1. The highest BCUT2D eigenvalue weighted by Crippen LogP contribution is 2.23. The zero-order valence-corrected chi connectivity index (χ0v) is 12.8. The number of nitriles is 1. The summed E-state index contributed by atoms with van der Waals surface area (Å²) in [6.45, 7) is 6.46. The van der Waals surface area contributed by atoms with Crippen molar-refractivity contribution in [3.8, 4) is 6.07 Å². The first-order valence-corrected chi connectivity index (χ1v) is 7.71. The van der Waals surface area contributed by atoms with E-state index in [9.17, 15) is 8.42 Å². The molecule has 0 unspecified atom stereocenters. The summed E-state index contributed by atoms with van der Waals surface area (Å²) in [6, 6.07) is 6.04. The highest BCUT2D eigenvalue weighted by molar-refractivity contribution is 7.89. The SMILES string of the molecule is CC(C)(C)CCNS(=O)(=O)c1ccc(C#N)cc1Cl. The average Bonchev–Trinajstić information content (AvgIpc) is 2.26. The molecule has 0 aliphatic rings. The van der Waals surface area contributed by atoms with Gasteiger partial charge in [-0.25, -0.2) is 13.1 Å². The summed E-state index contributed by atoms with van der Waals surface area (Å²) < 4.78 is 26.6. The molecule has 0 saturated carbocycles. The predicted octanol–water partition coefficient (Wildman–Crippen LogP) is 2.93. The Kier molecular flexibility index (Phi) is 4.97. The molecule has 0 aliphatic carbocycles. The second-order valence-electron chi connectivity index (χ2n) is 5.47. The number of halogens is 1. The molecule has 0 aromatic heterocycles. The van der Waals surface area contributed by atoms with E-state index < -0.39 is 10.0 Å². The molecular formula is C13H17ClN2O2S. The lowest BCUT2D eigenvalue weighted by Gasteiger charge is -2.18. The van der Waals surface area contributed by atoms with E-state index in [0.717, 1.165) is 6.42 Å². The maximum Gasteiger partial charge on any atom is 0.242 e. The first-order chi connectivity index (χ1) is 8.65. The lowest BCUT2D eigenvalue weighted by Crippen LogP contribution is -2.27. The van der Waals surface area contributed by atoms with Crippen LogP contribution in [0, 0.1) is 16.7 Å². The molecule has 0 spiro atoms. The smallest absolute Gasteiger partial charge is 0.211 e. The van der Waals surface area contributed by atoms with Crippen LogP contribution in [0.5, 0.6) is 0 Å². The normalized spacial score (nSPS) is 12.2. The van der Waals surface area contributed by atoms with Crippen LogP contribution in [0.3, 0.4) is 0 Å². The van der Waals surface area contributed by atoms with Crippen molar-refractivity contribution in [3.05, 3.63) is 28.8 Å². The third-order valence-electron chi connectivity index (χ3n) is 2.52. The molecule has 4 nitrogen and oxygen atoms in total. The lowest BCUT2D eigenvalue weighted by atomic mass is 9.93. The average molecular weight is 301 g/mol. The van der Waals surface area contributed by atoms with Gasteiger partial charge in [-0.15, -0.1) is 0 Å².